The van der Waals surface area contributed by atoms with E-state index in [2.05, 4.69) is 74.6 Å². The Morgan fingerprint density at radius 2 is 0.918 bits per heavy atom. The van der Waals surface area contributed by atoms with Gasteiger partial charge in [-0.15, -0.1) is 0 Å². The van der Waals surface area contributed by atoms with Gasteiger partial charge < -0.3 is 23.8 Å². The standard InChI is InChI=1S/C53H93NO7/c1-6-8-10-12-14-16-18-20-22-23-24-25-26-27-28-29-30-32-33-35-37-39-41-43-51(55)60-48-49(47-59-46-45-50(53(57)58)54(3,4)5)61-52(56)44-42-40-38-36-34-31-21-19-17-15-13-11-9-7-2/h9,11,15,17,21,24-25,27-28,31,49-50H,6-8,10,12-14,16,18-20,22-23,26,29-30,32-48H2,1-5H3/p+1/b11-9+,17-15+,25-24+,28-27+,31-21+. The van der Waals surface area contributed by atoms with Crippen molar-refractivity contribution in [3.05, 3.63) is 60.8 Å². The lowest BCUT2D eigenvalue weighted by atomic mass is 10.1. The summed E-state index contributed by atoms with van der Waals surface area (Å²) in [7, 11) is 5.52. The van der Waals surface area contributed by atoms with E-state index in [9.17, 15) is 19.5 Å². The molecule has 352 valence electrons. The molecule has 1 N–H and O–H groups in total. The van der Waals surface area contributed by atoms with Crippen LogP contribution in [0.4, 0.5) is 0 Å². The lowest BCUT2D eigenvalue weighted by Crippen LogP contribution is -2.50. The minimum absolute atomic E-state index is 0.0474. The number of rotatable bonds is 44. The Labute approximate surface area is 375 Å². The van der Waals surface area contributed by atoms with Gasteiger partial charge in [-0.2, -0.15) is 0 Å². The second kappa shape index (κ2) is 43.7. The van der Waals surface area contributed by atoms with Gasteiger partial charge in [0.05, 0.1) is 34.4 Å². The zero-order chi connectivity index (χ0) is 44.9. The summed E-state index contributed by atoms with van der Waals surface area (Å²) in [5.41, 5.74) is 0. The molecular formula is C53H94NO7+. The number of carboxylic acids is 1. The van der Waals surface area contributed by atoms with Gasteiger partial charge in [-0.05, 0) is 77.0 Å². The van der Waals surface area contributed by atoms with Gasteiger partial charge in [0.25, 0.3) is 0 Å². The first-order chi connectivity index (χ1) is 29.6. The highest BCUT2D eigenvalue weighted by Gasteiger charge is 2.31. The number of carbonyl (C=O) groups is 3. The third kappa shape index (κ3) is 42.1. The molecule has 61 heavy (non-hydrogen) atoms. The highest BCUT2D eigenvalue weighted by molar-refractivity contribution is 5.72. The average Bonchev–Trinajstić information content (AvgIpc) is 3.22. The van der Waals surface area contributed by atoms with Crippen LogP contribution in [0.2, 0.25) is 0 Å². The molecule has 0 aromatic rings. The van der Waals surface area contributed by atoms with Crippen molar-refractivity contribution in [3.63, 3.8) is 0 Å². The Bertz CT molecular complexity index is 1180. The van der Waals surface area contributed by atoms with Gasteiger partial charge in [0, 0.05) is 19.3 Å². The first kappa shape index (κ1) is 58.0. The average molecular weight is 857 g/mol. The van der Waals surface area contributed by atoms with Crippen LogP contribution in [0.3, 0.4) is 0 Å². The van der Waals surface area contributed by atoms with Crippen LogP contribution < -0.4 is 0 Å². The Balaban J connectivity index is 4.26. The zero-order valence-electron chi connectivity index (χ0n) is 40.1. The molecule has 0 heterocycles. The predicted octanol–water partition coefficient (Wildman–Crippen LogP) is 14.1. The third-order valence-electron chi connectivity index (χ3n) is 10.9. The number of hydrogen-bond acceptors (Lipinski definition) is 6. The number of ether oxygens (including phenoxy) is 3. The van der Waals surface area contributed by atoms with Gasteiger partial charge in [0.1, 0.15) is 6.61 Å². The fourth-order valence-electron chi connectivity index (χ4n) is 7.08. The van der Waals surface area contributed by atoms with Crippen LogP contribution in [0.1, 0.15) is 206 Å². The monoisotopic (exact) mass is 857 g/mol. The molecule has 0 aliphatic carbocycles. The number of likely N-dealkylation sites (N-methyl/N-ethyl adjacent to an activating group) is 1. The van der Waals surface area contributed by atoms with Crippen LogP contribution in [-0.4, -0.2) is 80.6 Å². The van der Waals surface area contributed by atoms with Crippen LogP contribution in [0, 0.1) is 0 Å². The summed E-state index contributed by atoms with van der Waals surface area (Å²) in [4.78, 5) is 37.1. The summed E-state index contributed by atoms with van der Waals surface area (Å²) in [6.45, 7) is 4.60. The smallest absolute Gasteiger partial charge is 0.362 e. The summed E-state index contributed by atoms with van der Waals surface area (Å²) in [6.07, 6.45) is 54.2. The van der Waals surface area contributed by atoms with Crippen molar-refractivity contribution in [1.29, 1.82) is 0 Å². The lowest BCUT2D eigenvalue weighted by Gasteiger charge is -2.31. The molecular weight excluding hydrogens is 763 g/mol. The number of unbranched alkanes of at least 4 members (excludes halogenated alkanes) is 20. The first-order valence-corrected chi connectivity index (χ1v) is 24.8. The predicted molar refractivity (Wildman–Crippen MR) is 257 cm³/mol. The van der Waals surface area contributed by atoms with E-state index in [0.717, 1.165) is 83.5 Å². The minimum atomic E-state index is -0.881. The fourth-order valence-corrected chi connectivity index (χ4v) is 7.08. The summed E-state index contributed by atoms with van der Waals surface area (Å²) >= 11 is 0. The number of carboxylic acid groups (broad SMARTS) is 1. The summed E-state index contributed by atoms with van der Waals surface area (Å²) in [5, 5.41) is 9.64. The van der Waals surface area contributed by atoms with E-state index in [1.807, 2.05) is 21.1 Å². The zero-order valence-corrected chi connectivity index (χ0v) is 40.1. The molecule has 0 saturated carbocycles. The molecule has 0 spiro atoms. The van der Waals surface area contributed by atoms with Crippen LogP contribution in [0.5, 0.6) is 0 Å². The van der Waals surface area contributed by atoms with E-state index in [4.69, 9.17) is 14.2 Å². The molecule has 0 amide bonds. The number of esters is 2. The second-order valence-corrected chi connectivity index (χ2v) is 17.7. The van der Waals surface area contributed by atoms with Crippen LogP contribution >= 0.6 is 0 Å². The van der Waals surface area contributed by atoms with Crippen LogP contribution in [0.15, 0.2) is 60.8 Å². The highest BCUT2D eigenvalue weighted by Crippen LogP contribution is 2.14. The van der Waals surface area contributed by atoms with Crippen molar-refractivity contribution in [2.75, 3.05) is 41.0 Å². The molecule has 2 atom stereocenters. The Morgan fingerprint density at radius 1 is 0.508 bits per heavy atom. The van der Waals surface area contributed by atoms with Gasteiger partial charge in [-0.3, -0.25) is 9.59 Å². The van der Waals surface area contributed by atoms with E-state index in [1.54, 1.807) is 0 Å². The third-order valence-corrected chi connectivity index (χ3v) is 10.9. The molecule has 0 rings (SSSR count). The van der Waals surface area contributed by atoms with Crippen molar-refractivity contribution in [1.82, 2.24) is 0 Å². The number of hydrogen-bond donors (Lipinski definition) is 1. The summed E-state index contributed by atoms with van der Waals surface area (Å²) < 4.78 is 17.3. The molecule has 8 heteroatoms. The number of allylic oxidation sites excluding steroid dienone is 10. The van der Waals surface area contributed by atoms with Gasteiger partial charge in [-0.1, -0.05) is 171 Å². The Hall–Kier alpha value is -2.97. The maximum atomic E-state index is 12.7. The summed E-state index contributed by atoms with van der Waals surface area (Å²) in [5.74, 6) is -1.51. The molecule has 0 aliphatic heterocycles. The number of quaternary nitrogens is 1. The maximum absolute atomic E-state index is 12.7. The molecule has 0 aromatic heterocycles. The maximum Gasteiger partial charge on any atom is 0.362 e. The van der Waals surface area contributed by atoms with E-state index < -0.39 is 18.1 Å². The largest absolute Gasteiger partial charge is 0.477 e. The number of aliphatic carboxylic acids is 1. The lowest BCUT2D eigenvalue weighted by molar-refractivity contribution is -0.887. The molecule has 0 aromatic carbocycles. The summed E-state index contributed by atoms with van der Waals surface area (Å²) in [6, 6.07) is -0.622. The Kier molecular flexibility index (Phi) is 41.5. The molecule has 0 aliphatic rings. The van der Waals surface area contributed by atoms with Crippen LogP contribution in [0.25, 0.3) is 0 Å². The Morgan fingerprint density at radius 3 is 1.36 bits per heavy atom. The van der Waals surface area contributed by atoms with Crippen molar-refractivity contribution in [2.45, 2.75) is 219 Å². The molecule has 0 saturated heterocycles. The normalized spacial score (nSPS) is 13.4. The number of carbonyl (C=O) groups excluding carboxylic acids is 2. The highest BCUT2D eigenvalue weighted by atomic mass is 16.6. The number of nitrogens with zero attached hydrogens (tertiary/aromatic N) is 1. The molecule has 0 bridgehead atoms. The van der Waals surface area contributed by atoms with E-state index in [-0.39, 0.29) is 36.2 Å². The quantitative estimate of drug-likeness (QED) is 0.0282. The van der Waals surface area contributed by atoms with Gasteiger partial charge in [0.2, 0.25) is 0 Å². The van der Waals surface area contributed by atoms with E-state index in [0.29, 0.717) is 19.3 Å². The van der Waals surface area contributed by atoms with Crippen LogP contribution in [-0.2, 0) is 28.6 Å². The second-order valence-electron chi connectivity index (χ2n) is 17.7. The van der Waals surface area contributed by atoms with E-state index in [1.165, 1.54) is 89.9 Å². The molecule has 2 unspecified atom stereocenters. The van der Waals surface area contributed by atoms with E-state index >= 15 is 0 Å². The molecule has 0 fully saturated rings. The van der Waals surface area contributed by atoms with Crippen molar-refractivity contribution in [2.24, 2.45) is 0 Å². The first-order valence-electron chi connectivity index (χ1n) is 24.8. The molecule has 8 nitrogen and oxygen atoms in total. The van der Waals surface area contributed by atoms with Crippen molar-refractivity contribution >= 4 is 17.9 Å². The van der Waals surface area contributed by atoms with Crippen molar-refractivity contribution < 1.29 is 38.2 Å². The topological polar surface area (TPSA) is 99.1 Å². The fraction of sp³-hybridized carbons (Fsp3) is 0.755. The minimum Gasteiger partial charge on any atom is -0.477 e. The molecule has 0 radical (unpaired) electrons. The van der Waals surface area contributed by atoms with Crippen molar-refractivity contribution in [3.8, 4) is 0 Å². The SMILES string of the molecule is CC/C=C/C/C=C/C/C=C/CCCCCCC(=O)OC(COCCC(C(=O)O)[N+](C)(C)C)COC(=O)CCCCCCCCC/C=C/C/C=C/CCCCCCCCCCC. The van der Waals surface area contributed by atoms with Gasteiger partial charge >= 0.3 is 17.9 Å². The van der Waals surface area contributed by atoms with Gasteiger partial charge in [0.15, 0.2) is 12.1 Å². The van der Waals surface area contributed by atoms with Gasteiger partial charge in [-0.25, -0.2) is 4.79 Å².